The molecule has 0 fully saturated rings. The summed E-state index contributed by atoms with van der Waals surface area (Å²) in [6, 6.07) is 2.40. The molecule has 1 aromatic rings. The Bertz CT molecular complexity index is 381. The summed E-state index contributed by atoms with van der Waals surface area (Å²) in [7, 11) is 1.38. The smallest absolute Gasteiger partial charge is 0.320 e. The Morgan fingerprint density at radius 2 is 2.39 bits per heavy atom. The predicted molar refractivity (Wildman–Crippen MR) is 73.7 cm³/mol. The van der Waals surface area contributed by atoms with Gasteiger partial charge in [0.2, 0.25) is 0 Å². The number of alkyl halides is 1. The van der Waals surface area contributed by atoms with Gasteiger partial charge in [-0.05, 0) is 19.4 Å². The Balaban J connectivity index is 2.36. The number of ether oxygens (including phenoxy) is 1. The van der Waals surface area contributed by atoms with E-state index < -0.39 is 0 Å². The number of carbonyl (C=O) groups is 1. The zero-order valence-electron chi connectivity index (χ0n) is 11.0. The van der Waals surface area contributed by atoms with E-state index in [2.05, 4.69) is 44.9 Å². The van der Waals surface area contributed by atoms with E-state index in [-0.39, 0.29) is 10.8 Å². The van der Waals surface area contributed by atoms with Crippen molar-refractivity contribution in [1.82, 2.24) is 15.1 Å². The molecule has 0 amide bonds. The van der Waals surface area contributed by atoms with Gasteiger partial charge in [-0.25, -0.2) is 0 Å². The summed E-state index contributed by atoms with van der Waals surface area (Å²) >= 11 is 3.25. The standard InChI is InChI=1S/C12H20BrN3O2/c1-4-9(2)16-6-5-10(15-16)7-14-8-11(13)12(17)18-3/h5-6,9,11,14H,4,7-8H2,1-3H3. The van der Waals surface area contributed by atoms with Crippen molar-refractivity contribution < 1.29 is 9.53 Å². The van der Waals surface area contributed by atoms with Crippen molar-refractivity contribution in [3.8, 4) is 0 Å². The van der Waals surface area contributed by atoms with Crippen molar-refractivity contribution in [3.05, 3.63) is 18.0 Å². The molecule has 18 heavy (non-hydrogen) atoms. The molecule has 1 N–H and O–H groups in total. The van der Waals surface area contributed by atoms with Gasteiger partial charge in [0.1, 0.15) is 4.83 Å². The van der Waals surface area contributed by atoms with E-state index in [0.29, 0.717) is 19.1 Å². The molecule has 6 heteroatoms. The van der Waals surface area contributed by atoms with Gasteiger partial charge < -0.3 is 10.1 Å². The fraction of sp³-hybridized carbons (Fsp3) is 0.667. The molecule has 0 aliphatic carbocycles. The molecule has 102 valence electrons. The highest BCUT2D eigenvalue weighted by molar-refractivity contribution is 9.10. The summed E-state index contributed by atoms with van der Waals surface area (Å²) in [5.41, 5.74) is 0.972. The predicted octanol–water partition coefficient (Wildman–Crippen LogP) is 1.88. The fourth-order valence-electron chi connectivity index (χ4n) is 1.44. The van der Waals surface area contributed by atoms with Crippen molar-refractivity contribution >= 4 is 21.9 Å². The number of methoxy groups -OCH3 is 1. The van der Waals surface area contributed by atoms with Crippen LogP contribution in [0.5, 0.6) is 0 Å². The summed E-state index contributed by atoms with van der Waals surface area (Å²) < 4.78 is 6.58. The lowest BCUT2D eigenvalue weighted by Crippen LogP contribution is -2.29. The van der Waals surface area contributed by atoms with Crippen LogP contribution in [0.1, 0.15) is 32.0 Å². The molecular weight excluding hydrogens is 298 g/mol. The van der Waals surface area contributed by atoms with Gasteiger partial charge >= 0.3 is 5.97 Å². The molecular formula is C12H20BrN3O2. The van der Waals surface area contributed by atoms with E-state index in [1.54, 1.807) is 0 Å². The van der Waals surface area contributed by atoms with Gasteiger partial charge in [-0.15, -0.1) is 0 Å². The Morgan fingerprint density at radius 3 is 3.00 bits per heavy atom. The van der Waals surface area contributed by atoms with Crippen LogP contribution >= 0.6 is 15.9 Å². The highest BCUT2D eigenvalue weighted by atomic mass is 79.9. The first-order valence-corrected chi connectivity index (χ1v) is 6.96. The molecule has 0 spiro atoms. The fourth-order valence-corrected chi connectivity index (χ4v) is 1.86. The second-order valence-corrected chi connectivity index (χ2v) is 5.27. The van der Waals surface area contributed by atoms with Crippen LogP contribution in [0.3, 0.4) is 0 Å². The molecule has 5 nitrogen and oxygen atoms in total. The van der Waals surface area contributed by atoms with Gasteiger partial charge in [-0.1, -0.05) is 22.9 Å². The van der Waals surface area contributed by atoms with Crippen LogP contribution < -0.4 is 5.32 Å². The van der Waals surface area contributed by atoms with Gasteiger partial charge in [0.05, 0.1) is 12.8 Å². The molecule has 2 atom stereocenters. The third kappa shape index (κ3) is 4.42. The SMILES string of the molecule is CCC(C)n1ccc(CNCC(Br)C(=O)OC)n1. The topological polar surface area (TPSA) is 56.2 Å². The van der Waals surface area contributed by atoms with Crippen LogP contribution in [0.4, 0.5) is 0 Å². The molecule has 0 saturated heterocycles. The average Bonchev–Trinajstić information content (AvgIpc) is 2.85. The monoisotopic (exact) mass is 317 g/mol. The van der Waals surface area contributed by atoms with E-state index in [0.717, 1.165) is 12.1 Å². The number of hydrogen-bond acceptors (Lipinski definition) is 4. The van der Waals surface area contributed by atoms with Crippen molar-refractivity contribution in [3.63, 3.8) is 0 Å². The van der Waals surface area contributed by atoms with Crippen LogP contribution in [0.2, 0.25) is 0 Å². The number of aromatic nitrogens is 2. The minimum atomic E-state index is -0.320. The number of rotatable bonds is 7. The van der Waals surface area contributed by atoms with Crippen molar-refractivity contribution in [2.45, 2.75) is 37.7 Å². The second kappa shape index (κ2) is 7.53. The summed E-state index contributed by atoms with van der Waals surface area (Å²) in [6.07, 6.45) is 3.04. The lowest BCUT2D eigenvalue weighted by molar-refractivity contribution is -0.139. The van der Waals surface area contributed by atoms with E-state index >= 15 is 0 Å². The average molecular weight is 318 g/mol. The number of esters is 1. The highest BCUT2D eigenvalue weighted by Crippen LogP contribution is 2.09. The lowest BCUT2D eigenvalue weighted by Gasteiger charge is -2.09. The molecule has 0 bridgehead atoms. The maximum atomic E-state index is 11.2. The summed E-state index contributed by atoms with van der Waals surface area (Å²) in [5.74, 6) is -0.271. The Morgan fingerprint density at radius 1 is 1.67 bits per heavy atom. The number of halogens is 1. The largest absolute Gasteiger partial charge is 0.468 e. The number of carbonyl (C=O) groups excluding carboxylic acids is 1. The quantitative estimate of drug-likeness (QED) is 0.616. The molecule has 1 rings (SSSR count). The van der Waals surface area contributed by atoms with Gasteiger partial charge in [0.15, 0.2) is 0 Å². The first kappa shape index (κ1) is 15.2. The van der Waals surface area contributed by atoms with Crippen molar-refractivity contribution in [2.75, 3.05) is 13.7 Å². The van der Waals surface area contributed by atoms with Crippen LogP contribution in [0.25, 0.3) is 0 Å². The normalized spacial score (nSPS) is 14.2. The molecule has 0 aliphatic heterocycles. The van der Waals surface area contributed by atoms with E-state index in [4.69, 9.17) is 0 Å². The molecule has 0 aromatic carbocycles. The Hall–Kier alpha value is -0.880. The maximum absolute atomic E-state index is 11.2. The van der Waals surface area contributed by atoms with Crippen LogP contribution in [0, 0.1) is 0 Å². The summed E-state index contributed by atoms with van der Waals surface area (Å²) in [6.45, 7) is 5.43. The van der Waals surface area contributed by atoms with Crippen LogP contribution in [-0.2, 0) is 16.1 Å². The minimum Gasteiger partial charge on any atom is -0.468 e. The summed E-state index contributed by atoms with van der Waals surface area (Å²) in [4.78, 5) is 10.8. The maximum Gasteiger partial charge on any atom is 0.320 e. The van der Waals surface area contributed by atoms with Crippen LogP contribution in [0.15, 0.2) is 12.3 Å². The summed E-state index contributed by atoms with van der Waals surface area (Å²) in [5, 5.41) is 7.63. The number of nitrogens with one attached hydrogen (secondary N) is 1. The minimum absolute atomic E-state index is 0.271. The highest BCUT2D eigenvalue weighted by Gasteiger charge is 2.14. The molecule has 1 heterocycles. The molecule has 2 unspecified atom stereocenters. The molecule has 0 aliphatic rings. The zero-order valence-corrected chi connectivity index (χ0v) is 12.6. The zero-order chi connectivity index (χ0) is 13.5. The lowest BCUT2D eigenvalue weighted by atomic mass is 10.3. The van der Waals surface area contributed by atoms with Crippen LogP contribution in [-0.4, -0.2) is 34.2 Å². The third-order valence-corrected chi connectivity index (χ3v) is 3.49. The van der Waals surface area contributed by atoms with E-state index in [1.165, 1.54) is 7.11 Å². The second-order valence-electron chi connectivity index (χ2n) is 4.17. The van der Waals surface area contributed by atoms with E-state index in [9.17, 15) is 4.79 Å². The van der Waals surface area contributed by atoms with Crippen molar-refractivity contribution in [1.29, 1.82) is 0 Å². The molecule has 0 radical (unpaired) electrons. The van der Waals surface area contributed by atoms with Gasteiger partial charge in [-0.2, -0.15) is 5.10 Å². The number of hydrogen-bond donors (Lipinski definition) is 1. The molecule has 0 saturated carbocycles. The van der Waals surface area contributed by atoms with Gasteiger partial charge in [0, 0.05) is 25.3 Å². The first-order chi connectivity index (χ1) is 8.58. The molecule has 1 aromatic heterocycles. The number of nitrogens with zero attached hydrogens (tertiary/aromatic N) is 2. The first-order valence-electron chi connectivity index (χ1n) is 6.05. The Kier molecular flexibility index (Phi) is 6.35. The van der Waals surface area contributed by atoms with Crippen molar-refractivity contribution in [2.24, 2.45) is 0 Å². The Labute approximate surface area is 116 Å². The van der Waals surface area contributed by atoms with Gasteiger partial charge in [0.25, 0.3) is 0 Å². The third-order valence-electron chi connectivity index (χ3n) is 2.79. The van der Waals surface area contributed by atoms with E-state index in [1.807, 2.05) is 16.9 Å². The van der Waals surface area contributed by atoms with Gasteiger partial charge in [-0.3, -0.25) is 9.48 Å².